The molecule has 1 aliphatic rings. The Morgan fingerprint density at radius 1 is 1.65 bits per heavy atom. The van der Waals surface area contributed by atoms with Crippen molar-refractivity contribution in [1.82, 2.24) is 14.7 Å². The van der Waals surface area contributed by atoms with Crippen molar-refractivity contribution >= 4 is 5.91 Å². The Hall–Kier alpha value is -1.58. The molecule has 1 unspecified atom stereocenters. The van der Waals surface area contributed by atoms with Gasteiger partial charge in [-0.15, -0.1) is 0 Å². The van der Waals surface area contributed by atoms with E-state index in [9.17, 15) is 4.79 Å². The van der Waals surface area contributed by atoms with E-state index in [1.54, 1.807) is 15.8 Å². The molecule has 1 amide bonds. The molecule has 1 aromatic heterocycles. The summed E-state index contributed by atoms with van der Waals surface area (Å²) >= 11 is 0. The lowest BCUT2D eigenvalue weighted by molar-refractivity contribution is -0.131. The number of carbonyl (C=O) groups is 1. The lowest BCUT2D eigenvalue weighted by atomic mass is 10.0. The summed E-state index contributed by atoms with van der Waals surface area (Å²) in [4.78, 5) is 13.8. The maximum atomic E-state index is 12.0. The largest absolute Gasteiger partial charge is 0.341 e. The van der Waals surface area contributed by atoms with Crippen LogP contribution in [0, 0.1) is 5.92 Å². The van der Waals surface area contributed by atoms with Crippen LogP contribution in [0.15, 0.2) is 24.5 Å². The highest BCUT2D eigenvalue weighted by atomic mass is 16.2. The number of allylic oxidation sites excluding steroid dienone is 2. The van der Waals surface area contributed by atoms with Gasteiger partial charge in [0.2, 0.25) is 5.91 Å². The second-order valence-electron chi connectivity index (χ2n) is 4.74. The zero-order chi connectivity index (χ0) is 12.3. The second kappa shape index (κ2) is 5.17. The summed E-state index contributed by atoms with van der Waals surface area (Å²) in [5.41, 5.74) is 1.07. The third-order valence-electron chi connectivity index (χ3n) is 3.15. The van der Waals surface area contributed by atoms with E-state index in [4.69, 9.17) is 0 Å². The van der Waals surface area contributed by atoms with Gasteiger partial charge < -0.3 is 4.90 Å². The van der Waals surface area contributed by atoms with E-state index >= 15 is 0 Å². The van der Waals surface area contributed by atoms with Gasteiger partial charge in [-0.1, -0.05) is 12.2 Å². The van der Waals surface area contributed by atoms with Gasteiger partial charge in [-0.05, 0) is 18.8 Å². The Bertz CT molecular complexity index is 422. The Morgan fingerprint density at radius 2 is 2.47 bits per heavy atom. The number of hydrogen-bond donors (Lipinski definition) is 0. The van der Waals surface area contributed by atoms with E-state index < -0.39 is 0 Å². The molecule has 2 rings (SSSR count). The first-order valence-corrected chi connectivity index (χ1v) is 6.03. The quantitative estimate of drug-likeness (QED) is 0.743. The lowest BCUT2D eigenvalue weighted by Crippen LogP contribution is -2.27. The average molecular weight is 233 g/mol. The van der Waals surface area contributed by atoms with Gasteiger partial charge in [-0.3, -0.25) is 9.48 Å². The van der Waals surface area contributed by atoms with E-state index in [0.29, 0.717) is 18.9 Å². The van der Waals surface area contributed by atoms with Crippen LogP contribution in [0.25, 0.3) is 0 Å². The SMILES string of the molecule is CN(Cc1cnn(C)c1)C(=O)CC1C=CCC1. The normalized spacial score (nSPS) is 18.6. The van der Waals surface area contributed by atoms with Crippen molar-refractivity contribution in [2.24, 2.45) is 13.0 Å². The predicted molar refractivity (Wildman–Crippen MR) is 66.2 cm³/mol. The summed E-state index contributed by atoms with van der Waals surface area (Å²) in [5, 5.41) is 4.10. The minimum Gasteiger partial charge on any atom is -0.341 e. The first kappa shape index (κ1) is 11.9. The van der Waals surface area contributed by atoms with Crippen molar-refractivity contribution in [2.45, 2.75) is 25.8 Å². The molecule has 0 bridgehead atoms. The molecular formula is C13H19N3O. The van der Waals surface area contributed by atoms with Crippen LogP contribution in [0.2, 0.25) is 0 Å². The zero-order valence-electron chi connectivity index (χ0n) is 10.5. The second-order valence-corrected chi connectivity index (χ2v) is 4.74. The number of hydrogen-bond acceptors (Lipinski definition) is 2. The minimum atomic E-state index is 0.213. The Labute approximate surface area is 102 Å². The van der Waals surface area contributed by atoms with Gasteiger partial charge in [-0.2, -0.15) is 5.10 Å². The van der Waals surface area contributed by atoms with Gasteiger partial charge in [0.05, 0.1) is 6.20 Å². The zero-order valence-corrected chi connectivity index (χ0v) is 10.5. The lowest BCUT2D eigenvalue weighted by Gasteiger charge is -2.18. The number of rotatable bonds is 4. The molecule has 0 saturated heterocycles. The van der Waals surface area contributed by atoms with Crippen LogP contribution in [0.1, 0.15) is 24.8 Å². The number of aromatic nitrogens is 2. The first-order valence-electron chi connectivity index (χ1n) is 6.03. The molecule has 0 fully saturated rings. The monoisotopic (exact) mass is 233 g/mol. The highest BCUT2D eigenvalue weighted by molar-refractivity contribution is 5.76. The standard InChI is InChI=1S/C13H19N3O/c1-15(9-12-8-14-16(2)10-12)13(17)7-11-5-3-4-6-11/h3,5,8,10-11H,4,6-7,9H2,1-2H3. The van der Waals surface area contributed by atoms with Crippen LogP contribution in [0.3, 0.4) is 0 Å². The summed E-state index contributed by atoms with van der Waals surface area (Å²) in [7, 11) is 3.74. The molecule has 4 heteroatoms. The Balaban J connectivity index is 1.84. The van der Waals surface area contributed by atoms with Crippen LogP contribution < -0.4 is 0 Å². The average Bonchev–Trinajstić information content (AvgIpc) is 2.90. The molecule has 0 N–H and O–H groups in total. The Morgan fingerprint density at radius 3 is 3.06 bits per heavy atom. The number of nitrogens with zero attached hydrogens (tertiary/aromatic N) is 3. The van der Waals surface area contributed by atoms with E-state index in [1.807, 2.05) is 20.3 Å². The van der Waals surface area contributed by atoms with Crippen LogP contribution in [-0.4, -0.2) is 27.6 Å². The molecule has 0 aliphatic heterocycles. The molecular weight excluding hydrogens is 214 g/mol. The van der Waals surface area contributed by atoms with Crippen molar-refractivity contribution in [2.75, 3.05) is 7.05 Å². The first-order chi connectivity index (χ1) is 8.15. The highest BCUT2D eigenvalue weighted by Crippen LogP contribution is 2.21. The van der Waals surface area contributed by atoms with Gasteiger partial charge in [0.15, 0.2) is 0 Å². The highest BCUT2D eigenvalue weighted by Gasteiger charge is 2.17. The van der Waals surface area contributed by atoms with E-state index in [2.05, 4.69) is 17.3 Å². The fourth-order valence-corrected chi connectivity index (χ4v) is 2.16. The molecule has 0 saturated carbocycles. The van der Waals surface area contributed by atoms with Gasteiger partial charge in [0, 0.05) is 38.8 Å². The van der Waals surface area contributed by atoms with Crippen LogP contribution in [0.5, 0.6) is 0 Å². The van der Waals surface area contributed by atoms with Crippen LogP contribution >= 0.6 is 0 Å². The fraction of sp³-hybridized carbons (Fsp3) is 0.538. The molecule has 0 spiro atoms. The summed E-state index contributed by atoms with van der Waals surface area (Å²) in [6.45, 7) is 0.642. The van der Waals surface area contributed by atoms with Crippen molar-refractivity contribution in [3.05, 3.63) is 30.1 Å². The topological polar surface area (TPSA) is 38.1 Å². The number of amides is 1. The third kappa shape index (κ3) is 3.19. The third-order valence-corrected chi connectivity index (χ3v) is 3.15. The molecule has 1 heterocycles. The summed E-state index contributed by atoms with van der Waals surface area (Å²) in [6, 6.07) is 0. The van der Waals surface area contributed by atoms with Crippen molar-refractivity contribution < 1.29 is 4.79 Å². The molecule has 0 radical (unpaired) electrons. The van der Waals surface area contributed by atoms with Crippen molar-refractivity contribution in [1.29, 1.82) is 0 Å². The minimum absolute atomic E-state index is 0.213. The molecule has 1 aliphatic carbocycles. The number of aryl methyl sites for hydroxylation is 1. The van der Waals surface area contributed by atoms with Crippen LogP contribution in [-0.2, 0) is 18.4 Å². The maximum Gasteiger partial charge on any atom is 0.223 e. The summed E-state index contributed by atoms with van der Waals surface area (Å²) < 4.78 is 1.76. The molecule has 17 heavy (non-hydrogen) atoms. The van der Waals surface area contributed by atoms with Crippen molar-refractivity contribution in [3.63, 3.8) is 0 Å². The maximum absolute atomic E-state index is 12.0. The van der Waals surface area contributed by atoms with Gasteiger partial charge in [0.25, 0.3) is 0 Å². The summed E-state index contributed by atoms with van der Waals surface area (Å²) in [5.74, 6) is 0.657. The summed E-state index contributed by atoms with van der Waals surface area (Å²) in [6.07, 6.45) is 10.9. The smallest absolute Gasteiger partial charge is 0.223 e. The van der Waals surface area contributed by atoms with E-state index in [-0.39, 0.29) is 5.91 Å². The van der Waals surface area contributed by atoms with Gasteiger partial charge in [0.1, 0.15) is 0 Å². The predicted octanol–water partition coefficient (Wildman–Crippen LogP) is 1.73. The van der Waals surface area contributed by atoms with Crippen molar-refractivity contribution in [3.8, 4) is 0 Å². The fourth-order valence-electron chi connectivity index (χ4n) is 2.16. The van der Waals surface area contributed by atoms with Gasteiger partial charge in [-0.25, -0.2) is 0 Å². The molecule has 1 aromatic rings. The number of carbonyl (C=O) groups excluding carboxylic acids is 1. The molecule has 0 aromatic carbocycles. The Kier molecular flexibility index (Phi) is 3.61. The van der Waals surface area contributed by atoms with E-state index in [0.717, 1.165) is 18.4 Å². The van der Waals surface area contributed by atoms with Gasteiger partial charge >= 0.3 is 0 Å². The van der Waals surface area contributed by atoms with E-state index in [1.165, 1.54) is 0 Å². The molecule has 4 nitrogen and oxygen atoms in total. The van der Waals surface area contributed by atoms with Crippen LogP contribution in [0.4, 0.5) is 0 Å². The molecule has 1 atom stereocenters. The molecule has 92 valence electrons.